The number of hydrogen-bond donors (Lipinski definition) is 1. The maximum Gasteiger partial charge on any atom is 0.240 e. The third kappa shape index (κ3) is 2.32. The van der Waals surface area contributed by atoms with Gasteiger partial charge in [-0.15, -0.1) is 0 Å². The van der Waals surface area contributed by atoms with E-state index in [4.69, 9.17) is 15.0 Å². The van der Waals surface area contributed by atoms with Crippen molar-refractivity contribution in [2.24, 2.45) is 5.73 Å². The minimum Gasteiger partial charge on any atom is -0.380 e. The zero-order valence-corrected chi connectivity index (χ0v) is 9.31. The van der Waals surface area contributed by atoms with Gasteiger partial charge < -0.3 is 15.0 Å². The molecule has 1 aromatic carbocycles. The highest BCUT2D eigenvalue weighted by molar-refractivity contribution is 5.56. The third-order valence-corrected chi connectivity index (χ3v) is 2.26. The van der Waals surface area contributed by atoms with Gasteiger partial charge in [-0.1, -0.05) is 17.3 Å². The molecule has 2 aromatic rings. The first-order chi connectivity index (χ1) is 8.26. The molecule has 0 bridgehead atoms. The molecule has 0 aliphatic rings. The third-order valence-electron chi connectivity index (χ3n) is 2.26. The van der Waals surface area contributed by atoms with Crippen LogP contribution >= 0.6 is 0 Å². The van der Waals surface area contributed by atoms with E-state index in [2.05, 4.69) is 10.1 Å². The van der Waals surface area contributed by atoms with Crippen LogP contribution in [-0.2, 0) is 17.9 Å². The number of halogens is 1. The smallest absolute Gasteiger partial charge is 0.240 e. The van der Waals surface area contributed by atoms with E-state index < -0.39 is 5.82 Å². The molecule has 90 valence electrons. The molecular weight excluding hydrogens is 225 g/mol. The van der Waals surface area contributed by atoms with Gasteiger partial charge in [0.25, 0.3) is 0 Å². The van der Waals surface area contributed by atoms with E-state index in [9.17, 15) is 4.39 Å². The molecule has 5 nitrogen and oxygen atoms in total. The molecule has 0 radical (unpaired) electrons. The Hall–Kier alpha value is -1.79. The van der Waals surface area contributed by atoms with Gasteiger partial charge in [0.15, 0.2) is 0 Å². The van der Waals surface area contributed by atoms with Crippen molar-refractivity contribution < 1.29 is 13.7 Å². The Bertz CT molecular complexity index is 513. The summed E-state index contributed by atoms with van der Waals surface area (Å²) in [6.45, 7) is 0.327. The summed E-state index contributed by atoms with van der Waals surface area (Å²) in [6, 6.07) is 4.94. The van der Waals surface area contributed by atoms with E-state index in [1.165, 1.54) is 7.11 Å². The van der Waals surface area contributed by atoms with Crippen LogP contribution in [0.2, 0.25) is 0 Å². The quantitative estimate of drug-likeness (QED) is 0.871. The number of methoxy groups -OCH3 is 1. The number of aromatic nitrogens is 2. The van der Waals surface area contributed by atoms with E-state index in [-0.39, 0.29) is 30.4 Å². The summed E-state index contributed by atoms with van der Waals surface area (Å²) in [7, 11) is 1.51. The highest BCUT2D eigenvalue weighted by Gasteiger charge is 2.14. The molecule has 1 heterocycles. The maximum absolute atomic E-state index is 14.0. The average molecular weight is 237 g/mol. The largest absolute Gasteiger partial charge is 0.380 e. The summed E-state index contributed by atoms with van der Waals surface area (Å²) < 4.78 is 23.8. The molecule has 0 aliphatic carbocycles. The second-order valence-electron chi connectivity index (χ2n) is 3.43. The van der Waals surface area contributed by atoms with Gasteiger partial charge in [0.1, 0.15) is 5.82 Å². The molecule has 1 aromatic heterocycles. The fourth-order valence-electron chi connectivity index (χ4n) is 1.47. The van der Waals surface area contributed by atoms with Crippen molar-refractivity contribution in [2.45, 2.75) is 13.2 Å². The van der Waals surface area contributed by atoms with Gasteiger partial charge in [0.05, 0.1) is 18.7 Å². The molecule has 0 amide bonds. The van der Waals surface area contributed by atoms with E-state index in [1.807, 2.05) is 0 Å². The Morgan fingerprint density at radius 3 is 2.94 bits per heavy atom. The van der Waals surface area contributed by atoms with Gasteiger partial charge in [-0.3, -0.25) is 0 Å². The molecule has 0 fully saturated rings. The van der Waals surface area contributed by atoms with Crippen LogP contribution in [-0.4, -0.2) is 17.3 Å². The number of nitrogens with zero attached hydrogens (tertiary/aromatic N) is 2. The maximum atomic E-state index is 14.0. The first kappa shape index (κ1) is 11.7. The minimum absolute atomic E-state index is 0.131. The lowest BCUT2D eigenvalue weighted by Crippen LogP contribution is -1.97. The van der Waals surface area contributed by atoms with Crippen molar-refractivity contribution in [2.75, 3.05) is 7.11 Å². The Kier molecular flexibility index (Phi) is 3.46. The fourth-order valence-corrected chi connectivity index (χ4v) is 1.47. The standard InChI is InChI=1S/C11H12FN3O2/c1-16-6-7-3-2-4-8(10(7)12)11-14-9(5-13)17-15-11/h2-4H,5-6,13H2,1H3. The second kappa shape index (κ2) is 5.03. The van der Waals surface area contributed by atoms with Gasteiger partial charge >= 0.3 is 0 Å². The van der Waals surface area contributed by atoms with E-state index in [0.29, 0.717) is 5.56 Å². The normalized spacial score (nSPS) is 10.8. The Morgan fingerprint density at radius 2 is 2.29 bits per heavy atom. The van der Waals surface area contributed by atoms with Crippen LogP contribution in [0.3, 0.4) is 0 Å². The number of benzene rings is 1. The number of ether oxygens (including phenoxy) is 1. The summed E-state index contributed by atoms with van der Waals surface area (Å²) in [4.78, 5) is 3.98. The van der Waals surface area contributed by atoms with Crippen molar-refractivity contribution in [1.29, 1.82) is 0 Å². The second-order valence-corrected chi connectivity index (χ2v) is 3.43. The molecule has 0 atom stereocenters. The van der Waals surface area contributed by atoms with Crippen molar-refractivity contribution in [3.05, 3.63) is 35.5 Å². The van der Waals surface area contributed by atoms with Crippen LogP contribution < -0.4 is 5.73 Å². The zero-order chi connectivity index (χ0) is 12.3. The average Bonchev–Trinajstić information content (AvgIpc) is 2.80. The van der Waals surface area contributed by atoms with Gasteiger partial charge in [0, 0.05) is 12.7 Å². The molecule has 2 N–H and O–H groups in total. The molecule has 17 heavy (non-hydrogen) atoms. The van der Waals surface area contributed by atoms with Crippen molar-refractivity contribution in [1.82, 2.24) is 10.1 Å². The lowest BCUT2D eigenvalue weighted by molar-refractivity contribution is 0.181. The van der Waals surface area contributed by atoms with E-state index >= 15 is 0 Å². The summed E-state index contributed by atoms with van der Waals surface area (Å²) in [6.07, 6.45) is 0. The molecule has 2 rings (SSSR count). The summed E-state index contributed by atoms with van der Waals surface area (Å²) >= 11 is 0. The molecular formula is C11H12FN3O2. The van der Waals surface area contributed by atoms with Crippen LogP contribution in [0.25, 0.3) is 11.4 Å². The number of hydrogen-bond acceptors (Lipinski definition) is 5. The van der Waals surface area contributed by atoms with Crippen molar-refractivity contribution >= 4 is 0 Å². The van der Waals surface area contributed by atoms with Gasteiger partial charge in [0.2, 0.25) is 11.7 Å². The molecule has 0 unspecified atom stereocenters. The van der Waals surface area contributed by atoms with E-state index in [0.717, 1.165) is 0 Å². The minimum atomic E-state index is -0.404. The Morgan fingerprint density at radius 1 is 1.47 bits per heavy atom. The topological polar surface area (TPSA) is 74.2 Å². The fraction of sp³-hybridized carbons (Fsp3) is 0.273. The van der Waals surface area contributed by atoms with Crippen LogP contribution in [0.4, 0.5) is 4.39 Å². The van der Waals surface area contributed by atoms with Gasteiger partial charge in [-0.2, -0.15) is 4.98 Å². The van der Waals surface area contributed by atoms with Crippen molar-refractivity contribution in [3.8, 4) is 11.4 Å². The molecule has 6 heteroatoms. The first-order valence-electron chi connectivity index (χ1n) is 5.05. The zero-order valence-electron chi connectivity index (χ0n) is 9.31. The van der Waals surface area contributed by atoms with Gasteiger partial charge in [-0.25, -0.2) is 4.39 Å². The Balaban J connectivity index is 2.41. The molecule has 0 saturated carbocycles. The SMILES string of the molecule is COCc1cccc(-c2noc(CN)n2)c1F. The molecule has 0 saturated heterocycles. The van der Waals surface area contributed by atoms with Crippen LogP contribution in [0.15, 0.2) is 22.7 Å². The summed E-state index contributed by atoms with van der Waals surface area (Å²) in [5.41, 5.74) is 6.08. The predicted molar refractivity (Wildman–Crippen MR) is 58.3 cm³/mol. The lowest BCUT2D eigenvalue weighted by Gasteiger charge is -2.04. The lowest BCUT2D eigenvalue weighted by atomic mass is 10.1. The van der Waals surface area contributed by atoms with Crippen molar-refractivity contribution in [3.63, 3.8) is 0 Å². The first-order valence-corrected chi connectivity index (χ1v) is 5.05. The molecule has 0 spiro atoms. The van der Waals surface area contributed by atoms with Crippen LogP contribution in [0.1, 0.15) is 11.5 Å². The Labute approximate surface area is 97.4 Å². The van der Waals surface area contributed by atoms with Crippen LogP contribution in [0, 0.1) is 5.82 Å². The predicted octanol–water partition coefficient (Wildman–Crippen LogP) is 1.48. The van der Waals surface area contributed by atoms with Crippen LogP contribution in [0.5, 0.6) is 0 Å². The van der Waals surface area contributed by atoms with Gasteiger partial charge in [-0.05, 0) is 6.07 Å². The highest BCUT2D eigenvalue weighted by atomic mass is 19.1. The summed E-state index contributed by atoms with van der Waals surface area (Å²) in [5.74, 6) is 0.0659. The molecule has 0 aliphatic heterocycles. The summed E-state index contributed by atoms with van der Waals surface area (Å²) in [5, 5.41) is 3.67. The number of rotatable bonds is 4. The highest BCUT2D eigenvalue weighted by Crippen LogP contribution is 2.22. The van der Waals surface area contributed by atoms with E-state index in [1.54, 1.807) is 18.2 Å². The monoisotopic (exact) mass is 237 g/mol. The number of nitrogens with two attached hydrogens (primary N) is 1.